The molecule has 0 heterocycles. The molecule has 0 atom stereocenters. The fourth-order valence-corrected chi connectivity index (χ4v) is 0.984. The quantitative estimate of drug-likeness (QED) is 0.509. The molecule has 2 heteroatoms. The molecule has 1 rings (SSSR count). The van der Waals surface area contributed by atoms with E-state index in [1.54, 1.807) is 18.2 Å². The van der Waals surface area contributed by atoms with Crippen molar-refractivity contribution in [1.82, 2.24) is 0 Å². The summed E-state index contributed by atoms with van der Waals surface area (Å²) in [6, 6.07) is 7.26. The van der Waals surface area contributed by atoms with Gasteiger partial charge in [-0.1, -0.05) is 24.3 Å². The first-order chi connectivity index (χ1) is 6.22. The van der Waals surface area contributed by atoms with Crippen LogP contribution in [-0.2, 0) is 4.79 Å². The second-order valence-electron chi connectivity index (χ2n) is 2.57. The van der Waals surface area contributed by atoms with E-state index in [0.29, 0.717) is 5.75 Å². The van der Waals surface area contributed by atoms with Gasteiger partial charge in [0.1, 0.15) is 5.75 Å². The molecule has 0 aromatic heterocycles. The van der Waals surface area contributed by atoms with E-state index in [9.17, 15) is 4.79 Å². The highest BCUT2D eigenvalue weighted by atomic mass is 16.5. The van der Waals surface area contributed by atoms with Crippen molar-refractivity contribution >= 4 is 12.0 Å². The van der Waals surface area contributed by atoms with E-state index in [2.05, 4.69) is 6.92 Å². The van der Waals surface area contributed by atoms with Gasteiger partial charge >= 0.3 is 5.97 Å². The molecule has 0 fully saturated rings. The van der Waals surface area contributed by atoms with Gasteiger partial charge in [0.05, 0.1) is 0 Å². The van der Waals surface area contributed by atoms with Crippen molar-refractivity contribution in [1.29, 1.82) is 0 Å². The van der Waals surface area contributed by atoms with E-state index in [1.165, 1.54) is 6.92 Å². The molecular formula is C11H11O2. The predicted molar refractivity (Wildman–Crippen MR) is 52.1 cm³/mol. The lowest BCUT2D eigenvalue weighted by atomic mass is 10.2. The molecule has 0 aliphatic heterocycles. The summed E-state index contributed by atoms with van der Waals surface area (Å²) in [6.07, 6.45) is 3.53. The van der Waals surface area contributed by atoms with Crippen LogP contribution in [0.5, 0.6) is 5.75 Å². The highest BCUT2D eigenvalue weighted by Gasteiger charge is 1.96. The summed E-state index contributed by atoms with van der Waals surface area (Å²) in [5.41, 5.74) is 0.966. The van der Waals surface area contributed by atoms with Crippen molar-refractivity contribution in [3.8, 4) is 5.75 Å². The zero-order valence-electron chi connectivity index (χ0n) is 7.49. The lowest BCUT2D eigenvalue weighted by Crippen LogP contribution is -2.00. The molecule has 0 amide bonds. The molecule has 0 aliphatic carbocycles. The van der Waals surface area contributed by atoms with Crippen molar-refractivity contribution < 1.29 is 9.53 Å². The fraction of sp³-hybridized carbons (Fsp3) is 0.0909. The molecule has 1 aromatic rings. The molecule has 0 bridgehead atoms. The van der Waals surface area contributed by atoms with Crippen LogP contribution in [0.15, 0.2) is 30.3 Å². The number of hydrogen-bond acceptors (Lipinski definition) is 2. The molecule has 0 aliphatic rings. The number of rotatable bonds is 2. The van der Waals surface area contributed by atoms with E-state index < -0.39 is 0 Å². The van der Waals surface area contributed by atoms with Gasteiger partial charge in [0, 0.05) is 6.92 Å². The van der Waals surface area contributed by atoms with E-state index in [4.69, 9.17) is 4.74 Å². The van der Waals surface area contributed by atoms with Gasteiger partial charge < -0.3 is 4.74 Å². The molecule has 0 saturated heterocycles. The van der Waals surface area contributed by atoms with Gasteiger partial charge in [-0.15, -0.1) is 0 Å². The van der Waals surface area contributed by atoms with Crippen LogP contribution in [0.1, 0.15) is 12.5 Å². The van der Waals surface area contributed by atoms with E-state index in [1.807, 2.05) is 18.2 Å². The van der Waals surface area contributed by atoms with Crippen LogP contribution in [0.4, 0.5) is 0 Å². The minimum Gasteiger partial charge on any atom is -0.427 e. The number of carbonyl (C=O) groups is 1. The van der Waals surface area contributed by atoms with Crippen LogP contribution in [0.25, 0.3) is 6.08 Å². The van der Waals surface area contributed by atoms with E-state index in [0.717, 1.165) is 5.56 Å². The van der Waals surface area contributed by atoms with Gasteiger partial charge in [-0.3, -0.25) is 4.79 Å². The molecule has 67 valence electrons. The van der Waals surface area contributed by atoms with Crippen LogP contribution in [0.3, 0.4) is 0 Å². The molecule has 0 N–H and O–H groups in total. The van der Waals surface area contributed by atoms with Crippen molar-refractivity contribution in [2.75, 3.05) is 0 Å². The van der Waals surface area contributed by atoms with Crippen molar-refractivity contribution in [2.24, 2.45) is 0 Å². The molecular weight excluding hydrogens is 164 g/mol. The molecule has 2 nitrogen and oxygen atoms in total. The summed E-state index contributed by atoms with van der Waals surface area (Å²) in [7, 11) is 0. The Morgan fingerprint density at radius 3 is 2.92 bits per heavy atom. The third-order valence-corrected chi connectivity index (χ3v) is 1.43. The summed E-state index contributed by atoms with van der Waals surface area (Å²) in [5, 5.41) is 0. The molecule has 13 heavy (non-hydrogen) atoms. The lowest BCUT2D eigenvalue weighted by molar-refractivity contribution is -0.131. The number of esters is 1. The number of benzene rings is 1. The third kappa shape index (κ3) is 3.11. The van der Waals surface area contributed by atoms with Crippen LogP contribution < -0.4 is 4.74 Å². The SMILES string of the molecule is [CH2]C=Cc1cccc(OC(C)=O)c1. The van der Waals surface area contributed by atoms with Crippen molar-refractivity contribution in [2.45, 2.75) is 6.92 Å². The molecule has 1 radical (unpaired) electrons. The Morgan fingerprint density at radius 1 is 1.54 bits per heavy atom. The first-order valence-corrected chi connectivity index (χ1v) is 3.96. The second kappa shape index (κ2) is 4.45. The van der Waals surface area contributed by atoms with Gasteiger partial charge in [0.25, 0.3) is 0 Å². The summed E-state index contributed by atoms with van der Waals surface area (Å²) in [5.74, 6) is 0.249. The standard InChI is InChI=1S/C11H11O2/c1-3-5-10-6-4-7-11(8-10)13-9(2)12/h3-8H,1H2,2H3. The Kier molecular flexibility index (Phi) is 3.26. The van der Waals surface area contributed by atoms with Gasteiger partial charge in [0.2, 0.25) is 0 Å². The maximum Gasteiger partial charge on any atom is 0.308 e. The van der Waals surface area contributed by atoms with Crippen molar-refractivity contribution in [3.05, 3.63) is 42.8 Å². The number of carbonyl (C=O) groups excluding carboxylic acids is 1. The van der Waals surface area contributed by atoms with Gasteiger partial charge in [-0.05, 0) is 24.6 Å². The topological polar surface area (TPSA) is 26.3 Å². The number of ether oxygens (including phenoxy) is 1. The fourth-order valence-electron chi connectivity index (χ4n) is 0.984. The predicted octanol–water partition coefficient (Wildman–Crippen LogP) is 2.46. The third-order valence-electron chi connectivity index (χ3n) is 1.43. The molecule has 1 aromatic carbocycles. The zero-order valence-corrected chi connectivity index (χ0v) is 7.49. The van der Waals surface area contributed by atoms with E-state index in [-0.39, 0.29) is 5.97 Å². The Labute approximate surface area is 77.8 Å². The molecule has 0 unspecified atom stereocenters. The minimum absolute atomic E-state index is 0.309. The summed E-state index contributed by atoms with van der Waals surface area (Å²) in [6.45, 7) is 4.96. The van der Waals surface area contributed by atoms with E-state index >= 15 is 0 Å². The van der Waals surface area contributed by atoms with Crippen LogP contribution in [-0.4, -0.2) is 5.97 Å². The molecule has 0 saturated carbocycles. The minimum atomic E-state index is -0.309. The largest absolute Gasteiger partial charge is 0.427 e. The monoisotopic (exact) mass is 175 g/mol. The van der Waals surface area contributed by atoms with Crippen LogP contribution in [0, 0.1) is 6.92 Å². The Bertz CT molecular complexity index is 327. The van der Waals surface area contributed by atoms with Crippen LogP contribution in [0.2, 0.25) is 0 Å². The maximum absolute atomic E-state index is 10.6. The average molecular weight is 175 g/mol. The number of hydrogen-bond donors (Lipinski definition) is 0. The first-order valence-electron chi connectivity index (χ1n) is 3.96. The maximum atomic E-state index is 10.6. The summed E-state index contributed by atoms with van der Waals surface area (Å²) >= 11 is 0. The van der Waals surface area contributed by atoms with Gasteiger partial charge in [-0.2, -0.15) is 0 Å². The number of allylic oxidation sites excluding steroid dienone is 1. The molecule has 0 spiro atoms. The second-order valence-corrected chi connectivity index (χ2v) is 2.57. The zero-order chi connectivity index (χ0) is 9.68. The lowest BCUT2D eigenvalue weighted by Gasteiger charge is -2.01. The van der Waals surface area contributed by atoms with Gasteiger partial charge in [-0.25, -0.2) is 0 Å². The Hall–Kier alpha value is -1.57. The average Bonchev–Trinajstić information content (AvgIpc) is 2.04. The van der Waals surface area contributed by atoms with Crippen molar-refractivity contribution in [3.63, 3.8) is 0 Å². The van der Waals surface area contributed by atoms with Gasteiger partial charge in [0.15, 0.2) is 0 Å². The Morgan fingerprint density at radius 2 is 2.31 bits per heavy atom. The van der Waals surface area contributed by atoms with Crippen LogP contribution >= 0.6 is 0 Å². The highest BCUT2D eigenvalue weighted by molar-refractivity contribution is 5.69. The first kappa shape index (κ1) is 9.52. The summed E-state index contributed by atoms with van der Waals surface area (Å²) < 4.78 is 4.91. The Balaban J connectivity index is 2.85. The highest BCUT2D eigenvalue weighted by Crippen LogP contribution is 2.14. The smallest absolute Gasteiger partial charge is 0.308 e. The summed E-state index contributed by atoms with van der Waals surface area (Å²) in [4.78, 5) is 10.6. The normalized spacial score (nSPS) is 10.3.